The van der Waals surface area contributed by atoms with E-state index in [1.54, 1.807) is 42.7 Å². The number of benzene rings is 2. The van der Waals surface area contributed by atoms with Crippen molar-refractivity contribution in [2.75, 3.05) is 44.2 Å². The molecule has 1 aromatic heterocycles. The highest BCUT2D eigenvalue weighted by atomic mass is 35.5. The van der Waals surface area contributed by atoms with Gasteiger partial charge < -0.3 is 14.9 Å². The van der Waals surface area contributed by atoms with Crippen molar-refractivity contribution < 1.29 is 23.1 Å². The summed E-state index contributed by atoms with van der Waals surface area (Å²) in [5, 5.41) is 12.2. The predicted octanol–water partition coefficient (Wildman–Crippen LogP) is 3.09. The fraction of sp³-hybridized carbons (Fsp3) is 0.346. The topological polar surface area (TPSA) is 111 Å². The van der Waals surface area contributed by atoms with Gasteiger partial charge >= 0.3 is 5.97 Å². The monoisotopic (exact) mass is 542 g/mol. The van der Waals surface area contributed by atoms with Crippen molar-refractivity contribution >= 4 is 50.0 Å². The number of hydrogen-bond donors (Lipinski definition) is 1. The highest BCUT2D eigenvalue weighted by Crippen LogP contribution is 2.35. The van der Waals surface area contributed by atoms with Gasteiger partial charge in [0.2, 0.25) is 15.9 Å². The van der Waals surface area contributed by atoms with Crippen LogP contribution in [0.3, 0.4) is 0 Å². The molecule has 0 bridgehead atoms. The molecule has 0 spiro atoms. The van der Waals surface area contributed by atoms with E-state index in [9.17, 15) is 23.1 Å². The Morgan fingerprint density at radius 1 is 0.973 bits per heavy atom. The molecule has 3 heterocycles. The molecule has 9 nitrogen and oxygen atoms in total. The van der Waals surface area contributed by atoms with Gasteiger partial charge in [-0.15, -0.1) is 0 Å². The number of anilines is 1. The second kappa shape index (κ2) is 9.92. The van der Waals surface area contributed by atoms with Crippen molar-refractivity contribution in [3.8, 4) is 0 Å². The zero-order valence-corrected chi connectivity index (χ0v) is 21.7. The lowest BCUT2D eigenvalue weighted by Crippen LogP contribution is -2.57. The molecule has 0 unspecified atom stereocenters. The smallest absolute Gasteiger partial charge is 0.311 e. The van der Waals surface area contributed by atoms with Gasteiger partial charge in [0.1, 0.15) is 0 Å². The number of aliphatic carboxylic acids is 1. The van der Waals surface area contributed by atoms with Crippen molar-refractivity contribution in [2.45, 2.75) is 17.7 Å². The van der Waals surface area contributed by atoms with Crippen molar-refractivity contribution in [3.05, 3.63) is 65.9 Å². The molecule has 2 aliphatic heterocycles. The maximum atomic E-state index is 13.3. The van der Waals surface area contributed by atoms with Gasteiger partial charge in [0, 0.05) is 55.8 Å². The molecule has 2 fully saturated rings. The van der Waals surface area contributed by atoms with E-state index in [-0.39, 0.29) is 37.0 Å². The Hall–Kier alpha value is -3.21. The lowest BCUT2D eigenvalue weighted by atomic mass is 9.77. The van der Waals surface area contributed by atoms with Gasteiger partial charge in [0.25, 0.3) is 0 Å². The molecule has 2 aromatic carbocycles. The highest BCUT2D eigenvalue weighted by molar-refractivity contribution is 7.89. The number of aromatic nitrogens is 1. The summed E-state index contributed by atoms with van der Waals surface area (Å²) in [6, 6.07) is 13.8. The van der Waals surface area contributed by atoms with E-state index in [1.165, 1.54) is 15.3 Å². The van der Waals surface area contributed by atoms with E-state index in [0.29, 0.717) is 31.0 Å². The van der Waals surface area contributed by atoms with E-state index in [1.807, 2.05) is 12.1 Å². The number of nitrogens with zero attached hydrogens (tertiary/aromatic N) is 4. The zero-order valence-electron chi connectivity index (χ0n) is 20.1. The fourth-order valence-electron chi connectivity index (χ4n) is 5.12. The zero-order chi connectivity index (χ0) is 26.2. The minimum Gasteiger partial charge on any atom is -0.481 e. The molecule has 0 aliphatic carbocycles. The van der Waals surface area contributed by atoms with Crippen LogP contribution < -0.4 is 4.90 Å². The maximum absolute atomic E-state index is 13.3. The Bertz CT molecular complexity index is 1440. The first kappa shape index (κ1) is 25.4. The fourth-order valence-corrected chi connectivity index (χ4v) is 6.71. The van der Waals surface area contributed by atoms with E-state index < -0.39 is 21.4 Å². The standard InChI is InChI=1S/C26H27ClN4O5S/c27-21-3-1-20-16-23(4-2-19(20)15-21)37(35,36)31-14-13-30(24(32)17-31)18-26(25(33)34)7-11-29(12-8-26)22-5-9-28-10-6-22/h1-6,9-10,15-16H,7-8,11-14,17-18H2,(H,33,34). The molecule has 5 rings (SSSR count). The van der Waals surface area contributed by atoms with Crippen LogP contribution in [-0.4, -0.2) is 78.9 Å². The van der Waals surface area contributed by atoms with Gasteiger partial charge in [-0.05, 0) is 60.0 Å². The number of carboxylic acids is 1. The summed E-state index contributed by atoms with van der Waals surface area (Å²) < 4.78 is 27.8. The summed E-state index contributed by atoms with van der Waals surface area (Å²) >= 11 is 6.02. The second-order valence-electron chi connectivity index (χ2n) is 9.59. The summed E-state index contributed by atoms with van der Waals surface area (Å²) in [5.41, 5.74) is -0.0829. The van der Waals surface area contributed by atoms with Gasteiger partial charge in [0.15, 0.2) is 0 Å². The van der Waals surface area contributed by atoms with Gasteiger partial charge in [-0.2, -0.15) is 4.31 Å². The predicted molar refractivity (Wildman–Crippen MR) is 140 cm³/mol. The number of carbonyl (C=O) groups is 2. The van der Waals surface area contributed by atoms with E-state index in [2.05, 4.69) is 9.88 Å². The summed E-state index contributed by atoms with van der Waals surface area (Å²) in [5.74, 6) is -1.32. The van der Waals surface area contributed by atoms with E-state index >= 15 is 0 Å². The van der Waals surface area contributed by atoms with Crippen molar-refractivity contribution in [3.63, 3.8) is 0 Å². The molecule has 3 aromatic rings. The summed E-state index contributed by atoms with van der Waals surface area (Å²) in [6.45, 7) is 1.09. The second-order valence-corrected chi connectivity index (χ2v) is 12.0. The minimum absolute atomic E-state index is 0.0654. The molecule has 0 atom stereocenters. The van der Waals surface area contributed by atoms with Crippen molar-refractivity contribution in [1.29, 1.82) is 0 Å². The Morgan fingerprint density at radius 2 is 1.65 bits per heavy atom. The van der Waals surface area contributed by atoms with Gasteiger partial charge in [-0.3, -0.25) is 14.6 Å². The first-order chi connectivity index (χ1) is 17.7. The van der Waals surface area contributed by atoms with Crippen LogP contribution in [0.15, 0.2) is 65.8 Å². The molecule has 2 saturated heterocycles. The molecule has 0 radical (unpaired) electrons. The Balaban J connectivity index is 1.27. The number of amides is 1. The third-order valence-electron chi connectivity index (χ3n) is 7.39. The van der Waals surface area contributed by atoms with Crippen LogP contribution in [0.2, 0.25) is 5.02 Å². The summed E-state index contributed by atoms with van der Waals surface area (Å²) in [6.07, 6.45) is 4.18. The Kier molecular flexibility index (Phi) is 6.82. The SMILES string of the molecule is O=C1CN(S(=O)(=O)c2ccc3cc(Cl)ccc3c2)CCN1CC1(C(=O)O)CCN(c2ccncc2)CC1. The average Bonchev–Trinajstić information content (AvgIpc) is 2.90. The van der Waals surface area contributed by atoms with Crippen LogP contribution in [-0.2, 0) is 19.6 Å². The number of carboxylic acid groups (broad SMARTS) is 1. The molecule has 194 valence electrons. The first-order valence-corrected chi connectivity index (χ1v) is 13.9. The number of piperidine rings is 1. The molecule has 2 aliphatic rings. The Morgan fingerprint density at radius 3 is 2.32 bits per heavy atom. The lowest BCUT2D eigenvalue weighted by molar-refractivity contribution is -0.154. The van der Waals surface area contributed by atoms with Crippen LogP contribution in [0.1, 0.15) is 12.8 Å². The van der Waals surface area contributed by atoms with E-state index in [4.69, 9.17) is 11.6 Å². The van der Waals surface area contributed by atoms with Crippen LogP contribution in [0.25, 0.3) is 10.8 Å². The number of hydrogen-bond acceptors (Lipinski definition) is 6. The molecule has 0 saturated carbocycles. The number of piperazine rings is 1. The van der Waals surface area contributed by atoms with Gasteiger partial charge in [-0.1, -0.05) is 23.7 Å². The molecular weight excluding hydrogens is 516 g/mol. The average molecular weight is 543 g/mol. The number of fused-ring (bicyclic) bond motifs is 1. The van der Waals surface area contributed by atoms with Crippen LogP contribution in [0, 0.1) is 5.41 Å². The number of rotatable bonds is 6. The van der Waals surface area contributed by atoms with Crippen LogP contribution >= 0.6 is 11.6 Å². The van der Waals surface area contributed by atoms with Crippen LogP contribution in [0.5, 0.6) is 0 Å². The Labute approximate surface area is 220 Å². The maximum Gasteiger partial charge on any atom is 0.311 e. The number of halogens is 1. The number of pyridine rings is 1. The van der Waals surface area contributed by atoms with Crippen molar-refractivity contribution in [2.24, 2.45) is 5.41 Å². The first-order valence-electron chi connectivity index (χ1n) is 12.0. The molecular formula is C26H27ClN4O5S. The third kappa shape index (κ3) is 5.01. The normalized spacial score (nSPS) is 18.8. The van der Waals surface area contributed by atoms with Crippen molar-refractivity contribution in [1.82, 2.24) is 14.2 Å². The number of carbonyl (C=O) groups excluding carboxylic acids is 1. The van der Waals surface area contributed by atoms with E-state index in [0.717, 1.165) is 16.5 Å². The summed E-state index contributed by atoms with van der Waals surface area (Å²) in [7, 11) is -3.90. The quantitative estimate of drug-likeness (QED) is 0.509. The number of sulfonamides is 1. The van der Waals surface area contributed by atoms with Gasteiger partial charge in [0.05, 0.1) is 16.9 Å². The highest BCUT2D eigenvalue weighted by Gasteiger charge is 2.45. The molecule has 1 N–H and O–H groups in total. The van der Waals surface area contributed by atoms with Gasteiger partial charge in [-0.25, -0.2) is 8.42 Å². The third-order valence-corrected chi connectivity index (χ3v) is 9.47. The van der Waals surface area contributed by atoms with Crippen LogP contribution in [0.4, 0.5) is 5.69 Å². The summed E-state index contributed by atoms with van der Waals surface area (Å²) in [4.78, 5) is 33.2. The minimum atomic E-state index is -3.90. The largest absolute Gasteiger partial charge is 0.481 e. The lowest BCUT2D eigenvalue weighted by Gasteiger charge is -2.43. The molecule has 11 heteroatoms. The molecule has 37 heavy (non-hydrogen) atoms. The molecule has 1 amide bonds.